The summed E-state index contributed by atoms with van der Waals surface area (Å²) in [6.07, 6.45) is 0. The van der Waals surface area contributed by atoms with Crippen molar-refractivity contribution in [3.8, 4) is 6.07 Å². The van der Waals surface area contributed by atoms with Gasteiger partial charge in [0.05, 0.1) is 6.07 Å². The molecule has 0 amide bonds. The molecule has 0 spiro atoms. The summed E-state index contributed by atoms with van der Waals surface area (Å²) in [5, 5.41) is 8.71. The van der Waals surface area contributed by atoms with Gasteiger partial charge in [-0.05, 0) is 26.7 Å². The fourth-order valence-corrected chi connectivity index (χ4v) is 0.839. The van der Waals surface area contributed by atoms with Crippen molar-refractivity contribution in [2.45, 2.75) is 40.2 Å². The maximum atomic E-state index is 11.4. The van der Waals surface area contributed by atoms with E-state index >= 15 is 0 Å². The second-order valence-electron chi connectivity index (χ2n) is 4.38. The summed E-state index contributed by atoms with van der Waals surface area (Å²) in [5.74, 6) is -1.08. The highest BCUT2D eigenvalue weighted by molar-refractivity contribution is 5.75. The highest BCUT2D eigenvalue weighted by atomic mass is 16.6. The lowest BCUT2D eigenvalue weighted by molar-refractivity contribution is -0.159. The zero-order valence-electron chi connectivity index (χ0n) is 8.92. The highest BCUT2D eigenvalue weighted by Crippen LogP contribution is 2.16. The fraction of sp³-hybridized carbons (Fsp3) is 0.800. The van der Waals surface area contributed by atoms with Crippen molar-refractivity contribution in [2.75, 3.05) is 0 Å². The molecule has 0 aromatic carbocycles. The van der Waals surface area contributed by atoms with Crippen LogP contribution in [0.15, 0.2) is 0 Å². The lowest BCUT2D eigenvalue weighted by atomic mass is 9.97. The summed E-state index contributed by atoms with van der Waals surface area (Å²) in [4.78, 5) is 11.4. The van der Waals surface area contributed by atoms with Crippen molar-refractivity contribution in [3.63, 3.8) is 0 Å². The van der Waals surface area contributed by atoms with E-state index in [0.29, 0.717) is 0 Å². The second-order valence-corrected chi connectivity index (χ2v) is 4.38. The molecule has 0 saturated carbocycles. The van der Waals surface area contributed by atoms with Gasteiger partial charge in [-0.3, -0.25) is 4.79 Å². The molecule has 0 aromatic rings. The number of nitrogens with zero attached hydrogens (tertiary/aromatic N) is 1. The smallest absolute Gasteiger partial charge is 0.324 e. The Hall–Kier alpha value is -1.04. The van der Waals surface area contributed by atoms with Crippen molar-refractivity contribution >= 4 is 5.97 Å². The van der Waals surface area contributed by atoms with Crippen molar-refractivity contribution in [2.24, 2.45) is 11.8 Å². The molecule has 13 heavy (non-hydrogen) atoms. The molecule has 3 nitrogen and oxygen atoms in total. The van der Waals surface area contributed by atoms with Gasteiger partial charge in [-0.1, -0.05) is 13.8 Å². The number of carbonyl (C=O) groups is 1. The Morgan fingerprint density at radius 2 is 1.85 bits per heavy atom. The molecule has 0 unspecified atom stereocenters. The van der Waals surface area contributed by atoms with Crippen LogP contribution in [0, 0.1) is 23.2 Å². The number of hydrogen-bond donors (Lipinski definition) is 0. The van der Waals surface area contributed by atoms with Crippen molar-refractivity contribution in [3.05, 3.63) is 0 Å². The first-order chi connectivity index (χ1) is 5.78. The van der Waals surface area contributed by atoms with E-state index in [-0.39, 0.29) is 5.92 Å². The molecule has 0 heterocycles. The van der Waals surface area contributed by atoms with Gasteiger partial charge in [-0.15, -0.1) is 0 Å². The van der Waals surface area contributed by atoms with Gasteiger partial charge in [-0.25, -0.2) is 0 Å². The first-order valence-electron chi connectivity index (χ1n) is 4.40. The average Bonchev–Trinajstić information content (AvgIpc) is 1.82. The zero-order valence-corrected chi connectivity index (χ0v) is 8.92. The van der Waals surface area contributed by atoms with E-state index in [9.17, 15) is 4.79 Å². The summed E-state index contributed by atoms with van der Waals surface area (Å²) in [7, 11) is 0. The minimum Gasteiger partial charge on any atom is -0.459 e. The molecule has 0 bridgehead atoms. The van der Waals surface area contributed by atoms with Crippen LogP contribution in [-0.2, 0) is 9.53 Å². The molecule has 3 heteroatoms. The molecular formula is C10H17NO2. The highest BCUT2D eigenvalue weighted by Gasteiger charge is 2.27. The van der Waals surface area contributed by atoms with Crippen LogP contribution in [0.2, 0.25) is 0 Å². The first kappa shape index (κ1) is 12.0. The molecule has 0 aromatic heterocycles. The summed E-state index contributed by atoms with van der Waals surface area (Å²) in [5.41, 5.74) is -0.513. The number of ether oxygens (including phenoxy) is 1. The molecule has 1 atom stereocenters. The molecule has 0 fully saturated rings. The number of nitriles is 1. The normalized spacial score (nSPS) is 13.6. The van der Waals surface area contributed by atoms with Gasteiger partial charge in [-0.2, -0.15) is 5.26 Å². The molecule has 0 N–H and O–H groups in total. The van der Waals surface area contributed by atoms with Crippen molar-refractivity contribution < 1.29 is 9.53 Å². The fourth-order valence-electron chi connectivity index (χ4n) is 0.839. The summed E-state index contributed by atoms with van der Waals surface area (Å²) in [6.45, 7) is 9.04. The SMILES string of the molecule is CC(C)[C@@H](C#N)C(=O)OC(C)(C)C. The van der Waals surface area contributed by atoms with Crippen molar-refractivity contribution in [1.29, 1.82) is 5.26 Å². The summed E-state index contributed by atoms with van der Waals surface area (Å²) < 4.78 is 5.09. The maximum Gasteiger partial charge on any atom is 0.324 e. The Balaban J connectivity index is 4.35. The van der Waals surface area contributed by atoms with Gasteiger partial charge in [0.15, 0.2) is 0 Å². The van der Waals surface area contributed by atoms with Crippen LogP contribution < -0.4 is 0 Å². The quantitative estimate of drug-likeness (QED) is 0.616. The summed E-state index contributed by atoms with van der Waals surface area (Å²) >= 11 is 0. The monoisotopic (exact) mass is 183 g/mol. The number of rotatable bonds is 2. The Morgan fingerprint density at radius 1 is 1.38 bits per heavy atom. The van der Waals surface area contributed by atoms with Gasteiger partial charge in [0, 0.05) is 0 Å². The zero-order chi connectivity index (χ0) is 10.6. The third-order valence-corrected chi connectivity index (χ3v) is 1.47. The minimum absolute atomic E-state index is 0.000139. The molecule has 0 aliphatic carbocycles. The van der Waals surface area contributed by atoms with Crippen LogP contribution in [0.25, 0.3) is 0 Å². The molecule has 0 aliphatic rings. The Morgan fingerprint density at radius 3 is 2.08 bits per heavy atom. The van der Waals surface area contributed by atoms with E-state index in [1.165, 1.54) is 0 Å². The van der Waals surface area contributed by atoms with Gasteiger partial charge < -0.3 is 4.74 Å². The van der Waals surface area contributed by atoms with Crippen molar-refractivity contribution in [1.82, 2.24) is 0 Å². The minimum atomic E-state index is -0.653. The van der Waals surface area contributed by atoms with Gasteiger partial charge in [0.1, 0.15) is 11.5 Å². The standard InChI is InChI=1S/C10H17NO2/c1-7(2)8(6-11)9(12)13-10(3,4)5/h7-8H,1-5H3/t8-/m1/s1. The number of esters is 1. The Bertz CT molecular complexity index is 220. The molecule has 74 valence electrons. The topological polar surface area (TPSA) is 50.1 Å². The van der Waals surface area contributed by atoms with Gasteiger partial charge in [0.25, 0.3) is 0 Å². The maximum absolute atomic E-state index is 11.4. The predicted octanol–water partition coefficient (Wildman–Crippen LogP) is 2.12. The van der Waals surface area contributed by atoms with Gasteiger partial charge in [0.2, 0.25) is 0 Å². The van der Waals surface area contributed by atoms with Crippen LogP contribution in [0.5, 0.6) is 0 Å². The number of carbonyl (C=O) groups excluding carboxylic acids is 1. The molecule has 0 rings (SSSR count). The van der Waals surface area contributed by atoms with Crippen LogP contribution >= 0.6 is 0 Å². The largest absolute Gasteiger partial charge is 0.459 e. The van der Waals surface area contributed by atoms with Crippen LogP contribution in [-0.4, -0.2) is 11.6 Å². The predicted molar refractivity (Wildman–Crippen MR) is 49.8 cm³/mol. The van der Waals surface area contributed by atoms with E-state index < -0.39 is 17.5 Å². The van der Waals surface area contributed by atoms with E-state index in [0.717, 1.165) is 0 Å². The molecule has 0 aliphatic heterocycles. The average molecular weight is 183 g/mol. The molecule has 0 saturated heterocycles. The third kappa shape index (κ3) is 4.51. The summed E-state index contributed by atoms with van der Waals surface area (Å²) in [6, 6.07) is 1.95. The Kier molecular flexibility index (Phi) is 3.93. The molecular weight excluding hydrogens is 166 g/mol. The van der Waals surface area contributed by atoms with Gasteiger partial charge >= 0.3 is 5.97 Å². The number of hydrogen-bond acceptors (Lipinski definition) is 3. The van der Waals surface area contributed by atoms with Crippen LogP contribution in [0.4, 0.5) is 0 Å². The van der Waals surface area contributed by atoms with Crippen LogP contribution in [0.3, 0.4) is 0 Å². The second kappa shape index (κ2) is 4.27. The van der Waals surface area contributed by atoms with E-state index in [2.05, 4.69) is 0 Å². The van der Waals surface area contributed by atoms with Crippen LogP contribution in [0.1, 0.15) is 34.6 Å². The van der Waals surface area contributed by atoms with E-state index in [1.807, 2.05) is 19.9 Å². The van der Waals surface area contributed by atoms with E-state index in [4.69, 9.17) is 10.00 Å². The lowest BCUT2D eigenvalue weighted by Crippen LogP contribution is -2.30. The lowest BCUT2D eigenvalue weighted by Gasteiger charge is -2.22. The first-order valence-corrected chi connectivity index (χ1v) is 4.40. The Labute approximate surface area is 79.7 Å². The third-order valence-electron chi connectivity index (χ3n) is 1.47. The molecule has 0 radical (unpaired) electrons. The van der Waals surface area contributed by atoms with E-state index in [1.54, 1.807) is 20.8 Å².